The zero-order chi connectivity index (χ0) is 14.4. The standard InChI is InChI=1S/C15H13NO5/c17-14(18)10-6-12(21-16-10)9-1-2-11-13(5-9)20-8-15(3-4-15)7-19-11/h1-2,5-6H,3-4,7-8H2,(H,17,18). The predicted octanol–water partition coefficient (Wildman–Crippen LogP) is 2.59. The second-order valence-corrected chi connectivity index (χ2v) is 5.62. The van der Waals surface area contributed by atoms with E-state index in [1.165, 1.54) is 6.07 Å². The van der Waals surface area contributed by atoms with Gasteiger partial charge in [0.1, 0.15) is 0 Å². The summed E-state index contributed by atoms with van der Waals surface area (Å²) < 4.78 is 16.7. The molecule has 0 radical (unpaired) electrons. The van der Waals surface area contributed by atoms with Crippen LogP contribution in [0.2, 0.25) is 0 Å². The fraction of sp³-hybridized carbons (Fsp3) is 0.333. The van der Waals surface area contributed by atoms with Gasteiger partial charge in [-0.15, -0.1) is 0 Å². The summed E-state index contributed by atoms with van der Waals surface area (Å²) in [7, 11) is 0. The van der Waals surface area contributed by atoms with Crippen molar-refractivity contribution < 1.29 is 23.9 Å². The van der Waals surface area contributed by atoms with Crippen LogP contribution in [-0.2, 0) is 0 Å². The Morgan fingerprint density at radius 2 is 1.90 bits per heavy atom. The van der Waals surface area contributed by atoms with Crippen molar-refractivity contribution in [3.05, 3.63) is 30.0 Å². The molecule has 0 atom stereocenters. The molecule has 6 heteroatoms. The Kier molecular flexibility index (Phi) is 2.48. The third kappa shape index (κ3) is 2.12. The minimum Gasteiger partial charge on any atom is -0.489 e. The molecule has 1 spiro atoms. The van der Waals surface area contributed by atoms with Gasteiger partial charge in [-0.2, -0.15) is 0 Å². The van der Waals surface area contributed by atoms with Crippen molar-refractivity contribution in [3.8, 4) is 22.8 Å². The van der Waals surface area contributed by atoms with Gasteiger partial charge in [0, 0.05) is 17.0 Å². The molecule has 0 saturated heterocycles. The number of fused-ring (bicyclic) bond motifs is 1. The number of benzene rings is 1. The SMILES string of the molecule is O=C(O)c1cc(-c2ccc3c(c2)OCC2(CC2)CO3)on1. The third-order valence-corrected chi connectivity index (χ3v) is 3.98. The molecule has 1 saturated carbocycles. The molecule has 1 aliphatic heterocycles. The fourth-order valence-corrected chi connectivity index (χ4v) is 2.37. The lowest BCUT2D eigenvalue weighted by Crippen LogP contribution is -2.17. The first-order chi connectivity index (χ1) is 10.2. The summed E-state index contributed by atoms with van der Waals surface area (Å²) in [6.45, 7) is 1.34. The van der Waals surface area contributed by atoms with Crippen molar-refractivity contribution in [1.82, 2.24) is 5.16 Å². The van der Waals surface area contributed by atoms with Crippen LogP contribution in [0.15, 0.2) is 28.8 Å². The van der Waals surface area contributed by atoms with Gasteiger partial charge in [0.05, 0.1) is 13.2 Å². The summed E-state index contributed by atoms with van der Waals surface area (Å²) in [6.07, 6.45) is 2.27. The van der Waals surface area contributed by atoms with Crippen LogP contribution in [0.4, 0.5) is 0 Å². The van der Waals surface area contributed by atoms with Crippen LogP contribution >= 0.6 is 0 Å². The average Bonchev–Trinajstić information content (AvgIpc) is 3.13. The van der Waals surface area contributed by atoms with Crippen molar-refractivity contribution in [2.75, 3.05) is 13.2 Å². The number of carbonyl (C=O) groups is 1. The molecule has 1 aromatic carbocycles. The highest BCUT2D eigenvalue weighted by atomic mass is 16.5. The molecule has 4 rings (SSSR count). The largest absolute Gasteiger partial charge is 0.489 e. The summed E-state index contributed by atoms with van der Waals surface area (Å²) in [5, 5.41) is 12.4. The lowest BCUT2D eigenvalue weighted by atomic mass is 10.1. The van der Waals surface area contributed by atoms with E-state index in [1.54, 1.807) is 12.1 Å². The number of carboxylic acid groups (broad SMARTS) is 1. The van der Waals surface area contributed by atoms with Crippen molar-refractivity contribution in [3.63, 3.8) is 0 Å². The number of carboxylic acids is 1. The first-order valence-electron chi connectivity index (χ1n) is 6.75. The van der Waals surface area contributed by atoms with Gasteiger partial charge in [-0.25, -0.2) is 4.79 Å². The van der Waals surface area contributed by atoms with Gasteiger partial charge in [-0.05, 0) is 31.0 Å². The first-order valence-corrected chi connectivity index (χ1v) is 6.75. The minimum absolute atomic E-state index is 0.117. The topological polar surface area (TPSA) is 81.8 Å². The number of nitrogens with zero attached hydrogens (tertiary/aromatic N) is 1. The van der Waals surface area contributed by atoms with Gasteiger partial charge in [-0.3, -0.25) is 0 Å². The van der Waals surface area contributed by atoms with Crippen LogP contribution in [0.5, 0.6) is 11.5 Å². The Bertz CT molecular complexity index is 717. The van der Waals surface area contributed by atoms with E-state index in [0.717, 1.165) is 12.8 Å². The van der Waals surface area contributed by atoms with Crippen LogP contribution in [-0.4, -0.2) is 29.4 Å². The molecule has 2 aliphatic rings. The van der Waals surface area contributed by atoms with E-state index < -0.39 is 5.97 Å². The zero-order valence-corrected chi connectivity index (χ0v) is 11.2. The van der Waals surface area contributed by atoms with Gasteiger partial charge in [0.15, 0.2) is 23.0 Å². The Labute approximate surface area is 120 Å². The van der Waals surface area contributed by atoms with Crippen LogP contribution in [0.25, 0.3) is 11.3 Å². The molecule has 108 valence electrons. The first kappa shape index (κ1) is 12.3. The molecule has 0 unspecified atom stereocenters. The number of aromatic nitrogens is 1. The zero-order valence-electron chi connectivity index (χ0n) is 11.2. The highest BCUT2D eigenvalue weighted by molar-refractivity contribution is 5.86. The summed E-state index contributed by atoms with van der Waals surface area (Å²) in [4.78, 5) is 10.8. The van der Waals surface area contributed by atoms with Gasteiger partial charge >= 0.3 is 5.97 Å². The molecular formula is C15H13NO5. The highest BCUT2D eigenvalue weighted by Crippen LogP contribution is 2.49. The van der Waals surface area contributed by atoms with Crippen molar-refractivity contribution in [1.29, 1.82) is 0 Å². The maximum absolute atomic E-state index is 10.8. The number of aromatic carboxylic acids is 1. The molecule has 2 heterocycles. The van der Waals surface area contributed by atoms with Crippen LogP contribution in [0.3, 0.4) is 0 Å². The van der Waals surface area contributed by atoms with Gasteiger partial charge in [0.25, 0.3) is 0 Å². The van der Waals surface area contributed by atoms with Crippen molar-refractivity contribution in [2.24, 2.45) is 5.41 Å². The maximum Gasteiger partial charge on any atom is 0.358 e. The van der Waals surface area contributed by atoms with Crippen LogP contribution in [0.1, 0.15) is 23.3 Å². The lowest BCUT2D eigenvalue weighted by Gasteiger charge is -2.08. The van der Waals surface area contributed by atoms with Gasteiger partial charge < -0.3 is 19.1 Å². The van der Waals surface area contributed by atoms with Crippen molar-refractivity contribution in [2.45, 2.75) is 12.8 Å². The molecule has 1 fully saturated rings. The van der Waals surface area contributed by atoms with E-state index in [1.807, 2.05) is 6.07 Å². The molecule has 1 aromatic heterocycles. The summed E-state index contributed by atoms with van der Waals surface area (Å²) >= 11 is 0. The maximum atomic E-state index is 10.8. The number of hydrogen-bond donors (Lipinski definition) is 1. The van der Waals surface area contributed by atoms with Crippen LogP contribution < -0.4 is 9.47 Å². The molecular weight excluding hydrogens is 274 g/mol. The molecule has 1 aliphatic carbocycles. The number of hydrogen-bond acceptors (Lipinski definition) is 5. The summed E-state index contributed by atoms with van der Waals surface area (Å²) in [5.41, 5.74) is 0.778. The van der Waals surface area contributed by atoms with E-state index in [-0.39, 0.29) is 11.1 Å². The van der Waals surface area contributed by atoms with Crippen LogP contribution in [0, 0.1) is 5.41 Å². The molecule has 1 N–H and O–H groups in total. The van der Waals surface area contributed by atoms with E-state index in [0.29, 0.717) is 36.0 Å². The molecule has 0 amide bonds. The lowest BCUT2D eigenvalue weighted by molar-refractivity contribution is 0.0686. The van der Waals surface area contributed by atoms with Gasteiger partial charge in [0.2, 0.25) is 0 Å². The van der Waals surface area contributed by atoms with E-state index >= 15 is 0 Å². The fourth-order valence-electron chi connectivity index (χ4n) is 2.37. The average molecular weight is 287 g/mol. The summed E-state index contributed by atoms with van der Waals surface area (Å²) in [6, 6.07) is 6.81. The Morgan fingerprint density at radius 3 is 2.57 bits per heavy atom. The van der Waals surface area contributed by atoms with E-state index in [4.69, 9.17) is 19.1 Å². The monoisotopic (exact) mass is 287 g/mol. The minimum atomic E-state index is -1.12. The van der Waals surface area contributed by atoms with Crippen molar-refractivity contribution >= 4 is 5.97 Å². The highest BCUT2D eigenvalue weighted by Gasteiger charge is 2.46. The van der Waals surface area contributed by atoms with E-state index in [9.17, 15) is 4.79 Å². The second kappa shape index (κ2) is 4.25. The Morgan fingerprint density at radius 1 is 1.14 bits per heavy atom. The third-order valence-electron chi connectivity index (χ3n) is 3.98. The smallest absolute Gasteiger partial charge is 0.358 e. The van der Waals surface area contributed by atoms with Gasteiger partial charge in [-0.1, -0.05) is 5.16 Å². The normalized spacial score (nSPS) is 18.3. The Balaban J connectivity index is 1.65. The molecule has 6 nitrogen and oxygen atoms in total. The predicted molar refractivity (Wildman–Crippen MR) is 71.6 cm³/mol. The second-order valence-electron chi connectivity index (χ2n) is 5.62. The quantitative estimate of drug-likeness (QED) is 0.914. The summed E-state index contributed by atoms with van der Waals surface area (Å²) in [5.74, 6) is 0.643. The molecule has 21 heavy (non-hydrogen) atoms. The number of ether oxygens (including phenoxy) is 2. The molecule has 2 aromatic rings. The van der Waals surface area contributed by atoms with E-state index in [2.05, 4.69) is 5.16 Å². The Hall–Kier alpha value is -2.50. The molecule has 0 bridgehead atoms. The number of rotatable bonds is 2.